The second-order valence-corrected chi connectivity index (χ2v) is 14.1. The number of hydrogen-bond donors (Lipinski definition) is 1. The van der Waals surface area contributed by atoms with Gasteiger partial charge in [-0.2, -0.15) is 0 Å². The number of esters is 1. The first kappa shape index (κ1) is 44.9. The van der Waals surface area contributed by atoms with Gasteiger partial charge in [-0.3, -0.25) is 4.79 Å². The Morgan fingerprint density at radius 3 is 1.20 bits per heavy atom. The molecule has 0 radical (unpaired) electrons. The summed E-state index contributed by atoms with van der Waals surface area (Å²) in [7, 11) is 0. The zero-order chi connectivity index (χ0) is 33.3. The van der Waals surface area contributed by atoms with Crippen LogP contribution in [0.25, 0.3) is 0 Å². The lowest BCUT2D eigenvalue weighted by atomic mass is 10.0. The van der Waals surface area contributed by atoms with E-state index >= 15 is 0 Å². The smallest absolute Gasteiger partial charge is 0.305 e. The van der Waals surface area contributed by atoms with Gasteiger partial charge in [0.1, 0.15) is 0 Å². The maximum atomic E-state index is 12.0. The number of allylic oxidation sites excluding steroid dienone is 4. The fourth-order valence-corrected chi connectivity index (χ4v) is 6.27. The predicted octanol–water partition coefficient (Wildman–Crippen LogP) is 14.3. The van der Waals surface area contributed by atoms with Crippen molar-refractivity contribution < 1.29 is 14.6 Å². The molecule has 1 N–H and O–H groups in total. The molecule has 0 saturated heterocycles. The Balaban J connectivity index is 3.18. The van der Waals surface area contributed by atoms with Crippen molar-refractivity contribution in [2.45, 2.75) is 232 Å². The van der Waals surface area contributed by atoms with E-state index in [4.69, 9.17) is 9.84 Å². The second kappa shape index (κ2) is 41.9. The van der Waals surface area contributed by atoms with Crippen LogP contribution >= 0.6 is 0 Å². The first-order valence-electron chi connectivity index (χ1n) is 20.9. The normalized spacial score (nSPS) is 11.8. The average Bonchev–Trinajstić information content (AvgIpc) is 3.06. The number of carbonyl (C=O) groups is 1. The molecular weight excluding hydrogens is 564 g/mol. The third-order valence-corrected chi connectivity index (χ3v) is 9.40. The standard InChI is InChI=1S/C43H82O3/c1-2-3-4-5-6-7-8-9-19-22-25-28-31-34-37-40-43(45)46-42-39-36-33-30-27-24-21-18-16-14-12-10-11-13-15-17-20-23-26-29-32-35-38-41-44/h6-7,9,19,44H,2-5,8,10-18,20-42H2,1H3/b7-6-,19-9-. The van der Waals surface area contributed by atoms with E-state index in [1.165, 1.54) is 186 Å². The summed E-state index contributed by atoms with van der Waals surface area (Å²) in [6.45, 7) is 3.23. The molecule has 0 aromatic carbocycles. The van der Waals surface area contributed by atoms with Crippen molar-refractivity contribution in [3.8, 4) is 0 Å². The molecule has 0 rings (SSSR count). The van der Waals surface area contributed by atoms with Crippen LogP contribution in [0.1, 0.15) is 232 Å². The van der Waals surface area contributed by atoms with Crippen LogP contribution in [-0.2, 0) is 9.53 Å². The number of aliphatic hydroxyl groups is 1. The first-order valence-corrected chi connectivity index (χ1v) is 20.9. The van der Waals surface area contributed by atoms with Crippen molar-refractivity contribution in [3.05, 3.63) is 24.3 Å². The highest BCUT2D eigenvalue weighted by Gasteiger charge is 2.02. The average molecular weight is 647 g/mol. The summed E-state index contributed by atoms with van der Waals surface area (Å²) in [6.07, 6.45) is 54.2. The van der Waals surface area contributed by atoms with Crippen molar-refractivity contribution in [1.29, 1.82) is 0 Å². The van der Waals surface area contributed by atoms with Gasteiger partial charge < -0.3 is 9.84 Å². The third kappa shape index (κ3) is 40.9. The van der Waals surface area contributed by atoms with E-state index in [2.05, 4.69) is 31.2 Å². The molecule has 0 heterocycles. The van der Waals surface area contributed by atoms with Crippen molar-refractivity contribution in [2.24, 2.45) is 0 Å². The molecule has 0 aromatic heterocycles. The summed E-state index contributed by atoms with van der Waals surface area (Å²) in [6, 6.07) is 0. The maximum absolute atomic E-state index is 12.0. The molecule has 0 amide bonds. The van der Waals surface area contributed by atoms with Gasteiger partial charge in [0.15, 0.2) is 0 Å². The summed E-state index contributed by atoms with van der Waals surface area (Å²) < 4.78 is 5.45. The number of rotatable bonds is 39. The van der Waals surface area contributed by atoms with Gasteiger partial charge in [-0.1, -0.05) is 198 Å². The Labute approximate surface area is 289 Å². The minimum absolute atomic E-state index is 0.00857. The molecule has 0 aliphatic carbocycles. The summed E-state index contributed by atoms with van der Waals surface area (Å²) in [4.78, 5) is 12.0. The van der Waals surface area contributed by atoms with Crippen LogP contribution in [0, 0.1) is 0 Å². The lowest BCUT2D eigenvalue weighted by Crippen LogP contribution is -2.05. The van der Waals surface area contributed by atoms with Gasteiger partial charge >= 0.3 is 5.97 Å². The quantitative estimate of drug-likeness (QED) is 0.0410. The molecule has 0 bridgehead atoms. The monoisotopic (exact) mass is 647 g/mol. The SMILES string of the molecule is CCCCC/C=C\C/C=C\CCCCCCCC(=O)OCCCCCCCCCCCCCCCCCCCCCCCCCO. The fourth-order valence-electron chi connectivity index (χ4n) is 6.27. The number of carbonyl (C=O) groups excluding carboxylic acids is 1. The van der Waals surface area contributed by atoms with E-state index in [1.807, 2.05) is 0 Å². The molecule has 0 aromatic rings. The fraction of sp³-hybridized carbons (Fsp3) is 0.884. The van der Waals surface area contributed by atoms with Crippen molar-refractivity contribution in [1.82, 2.24) is 0 Å². The lowest BCUT2D eigenvalue weighted by molar-refractivity contribution is -0.143. The Bertz CT molecular complexity index is 626. The molecule has 0 fully saturated rings. The molecule has 46 heavy (non-hydrogen) atoms. The summed E-state index contributed by atoms with van der Waals surface area (Å²) in [5.41, 5.74) is 0. The van der Waals surface area contributed by atoms with E-state index < -0.39 is 0 Å². The van der Waals surface area contributed by atoms with Crippen molar-refractivity contribution in [2.75, 3.05) is 13.2 Å². The lowest BCUT2D eigenvalue weighted by Gasteiger charge is -2.06. The summed E-state index contributed by atoms with van der Waals surface area (Å²) >= 11 is 0. The summed E-state index contributed by atoms with van der Waals surface area (Å²) in [5, 5.41) is 8.80. The Morgan fingerprint density at radius 1 is 0.435 bits per heavy atom. The van der Waals surface area contributed by atoms with Gasteiger partial charge in [0, 0.05) is 13.0 Å². The molecule has 0 aliphatic rings. The zero-order valence-corrected chi connectivity index (χ0v) is 31.2. The molecule has 3 nitrogen and oxygen atoms in total. The number of hydrogen-bond acceptors (Lipinski definition) is 3. The van der Waals surface area contributed by atoms with Crippen LogP contribution in [0.3, 0.4) is 0 Å². The molecule has 3 heteroatoms. The highest BCUT2D eigenvalue weighted by molar-refractivity contribution is 5.69. The van der Waals surface area contributed by atoms with E-state index in [-0.39, 0.29) is 5.97 Å². The van der Waals surface area contributed by atoms with Crippen molar-refractivity contribution in [3.63, 3.8) is 0 Å². The minimum Gasteiger partial charge on any atom is -0.466 e. The Hall–Kier alpha value is -1.09. The van der Waals surface area contributed by atoms with Crippen LogP contribution in [0.2, 0.25) is 0 Å². The molecule has 0 unspecified atom stereocenters. The molecule has 0 aliphatic heterocycles. The van der Waals surface area contributed by atoms with E-state index in [1.54, 1.807) is 0 Å². The van der Waals surface area contributed by atoms with Crippen LogP contribution in [0.4, 0.5) is 0 Å². The van der Waals surface area contributed by atoms with Gasteiger partial charge in [0.05, 0.1) is 6.61 Å². The molecule has 0 saturated carbocycles. The third-order valence-electron chi connectivity index (χ3n) is 9.40. The van der Waals surface area contributed by atoms with E-state index in [0.717, 1.165) is 32.1 Å². The number of ether oxygens (including phenoxy) is 1. The predicted molar refractivity (Wildman–Crippen MR) is 204 cm³/mol. The zero-order valence-electron chi connectivity index (χ0n) is 31.2. The summed E-state index contributed by atoms with van der Waals surface area (Å²) in [5.74, 6) is 0.00857. The molecule has 0 spiro atoms. The number of aliphatic hydroxyl groups excluding tert-OH is 1. The topological polar surface area (TPSA) is 46.5 Å². The van der Waals surface area contributed by atoms with Crippen LogP contribution in [-0.4, -0.2) is 24.3 Å². The van der Waals surface area contributed by atoms with Crippen LogP contribution < -0.4 is 0 Å². The Morgan fingerprint density at radius 2 is 0.783 bits per heavy atom. The van der Waals surface area contributed by atoms with E-state index in [0.29, 0.717) is 19.6 Å². The molecular formula is C43H82O3. The van der Waals surface area contributed by atoms with Gasteiger partial charge in [-0.05, 0) is 51.4 Å². The highest BCUT2D eigenvalue weighted by atomic mass is 16.5. The Kier molecular flexibility index (Phi) is 40.9. The van der Waals surface area contributed by atoms with Gasteiger partial charge in [0.25, 0.3) is 0 Å². The van der Waals surface area contributed by atoms with E-state index in [9.17, 15) is 4.79 Å². The van der Waals surface area contributed by atoms with Crippen LogP contribution in [0.5, 0.6) is 0 Å². The van der Waals surface area contributed by atoms with Crippen LogP contribution in [0.15, 0.2) is 24.3 Å². The maximum Gasteiger partial charge on any atom is 0.305 e. The molecule has 0 atom stereocenters. The van der Waals surface area contributed by atoms with Gasteiger partial charge in [-0.25, -0.2) is 0 Å². The molecule has 272 valence electrons. The number of unbranched alkanes of at least 4 members (excludes halogenated alkanes) is 30. The largest absolute Gasteiger partial charge is 0.466 e. The van der Waals surface area contributed by atoms with Crippen molar-refractivity contribution >= 4 is 5.97 Å². The first-order chi connectivity index (χ1) is 22.8. The minimum atomic E-state index is 0.00857. The second-order valence-electron chi connectivity index (χ2n) is 14.1. The highest BCUT2D eigenvalue weighted by Crippen LogP contribution is 2.16. The van der Waals surface area contributed by atoms with Gasteiger partial charge in [0.2, 0.25) is 0 Å². The van der Waals surface area contributed by atoms with Gasteiger partial charge in [-0.15, -0.1) is 0 Å².